The van der Waals surface area contributed by atoms with Gasteiger partial charge in [-0.1, -0.05) is 48.5 Å². The normalized spacial score (nSPS) is 12.9. The van der Waals surface area contributed by atoms with Crippen molar-refractivity contribution in [3.63, 3.8) is 0 Å². The fourth-order valence-electron chi connectivity index (χ4n) is 5.16. The Morgan fingerprint density at radius 2 is 1.19 bits per heavy atom. The Morgan fingerprint density at radius 3 is 1.79 bits per heavy atom. The average Bonchev–Trinajstić information content (AvgIpc) is 3.61. The Morgan fingerprint density at radius 1 is 0.619 bits per heavy atom. The van der Waals surface area contributed by atoms with Crippen LogP contribution in [0.4, 0.5) is 0 Å². The molecule has 0 bridgehead atoms. The van der Waals surface area contributed by atoms with Gasteiger partial charge in [0.05, 0.1) is 40.9 Å². The molecular formula is C31H26N2O7S2. The number of benzene rings is 4. The number of methoxy groups -OCH3 is 2. The second kappa shape index (κ2) is 10.4. The van der Waals surface area contributed by atoms with E-state index in [-0.39, 0.29) is 32.4 Å². The molecule has 0 spiro atoms. The lowest BCUT2D eigenvalue weighted by Gasteiger charge is -2.19. The van der Waals surface area contributed by atoms with Crippen molar-refractivity contribution in [2.45, 2.75) is 15.9 Å². The summed E-state index contributed by atoms with van der Waals surface area (Å²) >= 11 is 0. The van der Waals surface area contributed by atoms with E-state index in [0.29, 0.717) is 22.0 Å². The molecule has 0 amide bonds. The molecule has 0 fully saturated rings. The molecular weight excluding hydrogens is 576 g/mol. The number of fused-ring (bicyclic) bond motifs is 2. The van der Waals surface area contributed by atoms with Crippen LogP contribution in [0.25, 0.3) is 21.8 Å². The minimum atomic E-state index is -4.28. The minimum absolute atomic E-state index is 0.00545. The third-order valence-corrected chi connectivity index (χ3v) is 10.6. The Balaban J connectivity index is 1.68. The lowest BCUT2D eigenvalue weighted by Crippen LogP contribution is -2.22. The molecule has 0 aliphatic heterocycles. The number of aliphatic hydroxyl groups excluding tert-OH is 1. The molecule has 1 atom stereocenters. The SMILES string of the molecule is COc1ccc2c(c1)cc(C(O)c1cc3cccc(OC)c3n1S(=O)(=O)c1ccccc1)n2S(=O)(=O)c1ccccc1. The van der Waals surface area contributed by atoms with Gasteiger partial charge in [-0.3, -0.25) is 0 Å². The number of hydrogen-bond acceptors (Lipinski definition) is 7. The number of para-hydroxylation sites is 1. The average molecular weight is 603 g/mol. The van der Waals surface area contributed by atoms with E-state index >= 15 is 0 Å². The molecule has 1 unspecified atom stereocenters. The summed E-state index contributed by atoms with van der Waals surface area (Å²) in [6.45, 7) is 0. The Kier molecular flexibility index (Phi) is 6.80. The maximum absolute atomic E-state index is 14.1. The highest BCUT2D eigenvalue weighted by Crippen LogP contribution is 2.39. The predicted molar refractivity (Wildman–Crippen MR) is 159 cm³/mol. The fourth-order valence-corrected chi connectivity index (χ4v) is 8.30. The zero-order chi connectivity index (χ0) is 29.6. The molecule has 214 valence electrons. The molecule has 42 heavy (non-hydrogen) atoms. The van der Waals surface area contributed by atoms with E-state index in [9.17, 15) is 21.9 Å². The minimum Gasteiger partial charge on any atom is -0.497 e. The van der Waals surface area contributed by atoms with Crippen LogP contribution in [0.3, 0.4) is 0 Å². The second-order valence-corrected chi connectivity index (χ2v) is 13.1. The largest absolute Gasteiger partial charge is 0.497 e. The highest BCUT2D eigenvalue weighted by molar-refractivity contribution is 7.90. The molecule has 1 N–H and O–H groups in total. The van der Waals surface area contributed by atoms with Gasteiger partial charge in [-0.2, -0.15) is 0 Å². The molecule has 0 saturated heterocycles. The van der Waals surface area contributed by atoms with Crippen molar-refractivity contribution in [3.05, 3.63) is 121 Å². The number of hydrogen-bond donors (Lipinski definition) is 1. The standard InChI is InChI=1S/C31H26N2O7S2/c1-39-23-16-17-26-22(18-23)20-27(32(26)41(35,36)24-11-5-3-6-12-24)31(34)28-19-21-10-9-15-29(40-2)30(21)33(28)42(37,38)25-13-7-4-8-14-25/h3-20,31,34H,1-2H3. The quantitative estimate of drug-likeness (QED) is 0.256. The van der Waals surface area contributed by atoms with E-state index in [1.54, 1.807) is 72.8 Å². The number of aromatic nitrogens is 2. The first kappa shape index (κ1) is 27.6. The van der Waals surface area contributed by atoms with Crippen LogP contribution in [0.1, 0.15) is 17.5 Å². The summed E-state index contributed by atoms with van der Waals surface area (Å²) in [6, 6.07) is 28.6. The van der Waals surface area contributed by atoms with Crippen LogP contribution in [0.5, 0.6) is 11.5 Å². The number of aliphatic hydroxyl groups is 1. The summed E-state index contributed by atoms with van der Waals surface area (Å²) in [4.78, 5) is -0.00469. The van der Waals surface area contributed by atoms with Gasteiger partial charge in [-0.15, -0.1) is 0 Å². The fraction of sp³-hybridized carbons (Fsp3) is 0.0968. The van der Waals surface area contributed by atoms with Gasteiger partial charge in [0.15, 0.2) is 0 Å². The van der Waals surface area contributed by atoms with E-state index < -0.39 is 26.2 Å². The zero-order valence-corrected chi connectivity index (χ0v) is 24.2. The highest BCUT2D eigenvalue weighted by Gasteiger charge is 2.33. The molecule has 0 aliphatic rings. The van der Waals surface area contributed by atoms with E-state index in [4.69, 9.17) is 9.47 Å². The predicted octanol–water partition coefficient (Wildman–Crippen LogP) is 5.17. The van der Waals surface area contributed by atoms with Gasteiger partial charge in [0.2, 0.25) is 0 Å². The molecule has 0 radical (unpaired) electrons. The maximum Gasteiger partial charge on any atom is 0.268 e. The Bertz CT molecular complexity index is 2150. The van der Waals surface area contributed by atoms with Crippen molar-refractivity contribution in [1.29, 1.82) is 0 Å². The molecule has 4 aromatic carbocycles. The Hall–Kier alpha value is -4.58. The van der Waals surface area contributed by atoms with E-state index in [2.05, 4.69) is 0 Å². The van der Waals surface area contributed by atoms with E-state index in [1.165, 1.54) is 50.6 Å². The van der Waals surface area contributed by atoms with Crippen molar-refractivity contribution in [2.24, 2.45) is 0 Å². The topological polar surface area (TPSA) is 117 Å². The van der Waals surface area contributed by atoms with Gasteiger partial charge in [-0.05, 0) is 60.7 Å². The molecule has 9 nitrogen and oxygen atoms in total. The van der Waals surface area contributed by atoms with Gasteiger partial charge in [0, 0.05) is 10.8 Å². The lowest BCUT2D eigenvalue weighted by atomic mass is 10.1. The van der Waals surface area contributed by atoms with Gasteiger partial charge < -0.3 is 14.6 Å². The van der Waals surface area contributed by atoms with Crippen molar-refractivity contribution >= 4 is 41.9 Å². The summed E-state index contributed by atoms with van der Waals surface area (Å²) in [5.74, 6) is 0.760. The van der Waals surface area contributed by atoms with Crippen molar-refractivity contribution in [1.82, 2.24) is 7.94 Å². The highest BCUT2D eigenvalue weighted by atomic mass is 32.2. The number of rotatable bonds is 8. The summed E-state index contributed by atoms with van der Waals surface area (Å²) in [7, 11) is -5.60. The van der Waals surface area contributed by atoms with Crippen LogP contribution in [0.2, 0.25) is 0 Å². The van der Waals surface area contributed by atoms with Gasteiger partial charge in [0.1, 0.15) is 23.1 Å². The van der Waals surface area contributed by atoms with Gasteiger partial charge in [-0.25, -0.2) is 24.8 Å². The van der Waals surface area contributed by atoms with Crippen LogP contribution in [-0.2, 0) is 20.0 Å². The Labute approximate surface area is 242 Å². The van der Waals surface area contributed by atoms with Crippen molar-refractivity contribution in [2.75, 3.05) is 14.2 Å². The first-order valence-electron chi connectivity index (χ1n) is 12.9. The molecule has 6 aromatic rings. The first-order chi connectivity index (χ1) is 20.2. The molecule has 6 rings (SSSR count). The maximum atomic E-state index is 14.1. The smallest absolute Gasteiger partial charge is 0.268 e. The van der Waals surface area contributed by atoms with Crippen molar-refractivity contribution in [3.8, 4) is 11.5 Å². The summed E-state index contributed by atoms with van der Waals surface area (Å²) in [6.07, 6.45) is -1.70. The summed E-state index contributed by atoms with van der Waals surface area (Å²) < 4.78 is 69.4. The molecule has 0 saturated carbocycles. The third-order valence-electron chi connectivity index (χ3n) is 7.11. The molecule has 2 heterocycles. The van der Waals surface area contributed by atoms with Gasteiger partial charge in [0.25, 0.3) is 20.0 Å². The van der Waals surface area contributed by atoms with Crippen LogP contribution >= 0.6 is 0 Å². The van der Waals surface area contributed by atoms with Crippen LogP contribution in [-0.4, -0.2) is 44.1 Å². The van der Waals surface area contributed by atoms with Crippen LogP contribution in [0.15, 0.2) is 119 Å². The molecule has 11 heteroatoms. The number of ether oxygens (including phenoxy) is 2. The molecule has 0 aliphatic carbocycles. The summed E-state index contributed by atoms with van der Waals surface area (Å²) in [5, 5.41) is 13.0. The third kappa shape index (κ3) is 4.33. The summed E-state index contributed by atoms with van der Waals surface area (Å²) in [5.41, 5.74) is 0.402. The van der Waals surface area contributed by atoms with Gasteiger partial charge >= 0.3 is 0 Å². The lowest BCUT2D eigenvalue weighted by molar-refractivity contribution is 0.209. The first-order valence-corrected chi connectivity index (χ1v) is 15.7. The van der Waals surface area contributed by atoms with E-state index in [1.807, 2.05) is 0 Å². The number of nitrogens with zero attached hydrogens (tertiary/aromatic N) is 2. The van der Waals surface area contributed by atoms with Crippen LogP contribution in [0, 0.1) is 0 Å². The second-order valence-electron chi connectivity index (χ2n) is 9.53. The van der Waals surface area contributed by atoms with E-state index in [0.717, 1.165) is 7.94 Å². The van der Waals surface area contributed by atoms with Crippen molar-refractivity contribution < 1.29 is 31.4 Å². The van der Waals surface area contributed by atoms with Crippen LogP contribution < -0.4 is 9.47 Å². The zero-order valence-electron chi connectivity index (χ0n) is 22.6. The monoisotopic (exact) mass is 602 g/mol. The molecule has 2 aromatic heterocycles.